The molecule has 4 nitrogen and oxygen atoms in total. The molecule has 1 fully saturated rings. The van der Waals surface area contributed by atoms with Crippen LogP contribution in [0.5, 0.6) is 0 Å². The van der Waals surface area contributed by atoms with Crippen molar-refractivity contribution >= 4 is 5.91 Å². The number of hydrogen-bond donors (Lipinski definition) is 2. The van der Waals surface area contributed by atoms with E-state index in [1.165, 1.54) is 25.7 Å². The SMILES string of the molecule is CC(OCC1CCCCC1CN)C(=O)NC(C)(C)C. The highest BCUT2D eigenvalue weighted by Gasteiger charge is 2.26. The Bertz CT molecular complexity index is 286. The van der Waals surface area contributed by atoms with E-state index in [1.807, 2.05) is 27.7 Å². The summed E-state index contributed by atoms with van der Waals surface area (Å²) < 4.78 is 5.75. The monoisotopic (exact) mass is 270 g/mol. The van der Waals surface area contributed by atoms with Crippen LogP contribution in [-0.4, -0.2) is 30.7 Å². The average Bonchev–Trinajstić information content (AvgIpc) is 2.34. The fourth-order valence-corrected chi connectivity index (χ4v) is 2.63. The Morgan fingerprint density at radius 1 is 1.32 bits per heavy atom. The van der Waals surface area contributed by atoms with Gasteiger partial charge in [-0.05, 0) is 58.9 Å². The Hall–Kier alpha value is -0.610. The highest BCUT2D eigenvalue weighted by Crippen LogP contribution is 2.29. The van der Waals surface area contributed by atoms with Crippen molar-refractivity contribution in [3.05, 3.63) is 0 Å². The van der Waals surface area contributed by atoms with E-state index in [0.29, 0.717) is 18.4 Å². The number of carbonyl (C=O) groups is 1. The summed E-state index contributed by atoms with van der Waals surface area (Å²) in [4.78, 5) is 11.9. The maximum Gasteiger partial charge on any atom is 0.249 e. The zero-order valence-corrected chi connectivity index (χ0v) is 12.9. The van der Waals surface area contributed by atoms with Gasteiger partial charge in [0.15, 0.2) is 0 Å². The molecule has 3 atom stereocenters. The van der Waals surface area contributed by atoms with E-state index in [-0.39, 0.29) is 17.6 Å². The molecule has 1 aliphatic rings. The molecule has 0 heterocycles. The molecule has 0 radical (unpaired) electrons. The van der Waals surface area contributed by atoms with E-state index >= 15 is 0 Å². The summed E-state index contributed by atoms with van der Waals surface area (Å²) in [5.74, 6) is 1.04. The highest BCUT2D eigenvalue weighted by molar-refractivity contribution is 5.80. The van der Waals surface area contributed by atoms with Gasteiger partial charge in [0.2, 0.25) is 5.91 Å². The Balaban J connectivity index is 2.36. The quantitative estimate of drug-likeness (QED) is 0.804. The molecule has 3 N–H and O–H groups in total. The van der Waals surface area contributed by atoms with Crippen LogP contribution in [0.1, 0.15) is 53.4 Å². The zero-order valence-electron chi connectivity index (χ0n) is 12.9. The lowest BCUT2D eigenvalue weighted by Crippen LogP contribution is -2.46. The average molecular weight is 270 g/mol. The molecule has 0 aromatic heterocycles. The number of hydrogen-bond acceptors (Lipinski definition) is 3. The molecule has 0 aromatic carbocycles. The van der Waals surface area contributed by atoms with Crippen molar-refractivity contribution in [3.8, 4) is 0 Å². The smallest absolute Gasteiger partial charge is 0.249 e. The lowest BCUT2D eigenvalue weighted by Gasteiger charge is -2.31. The van der Waals surface area contributed by atoms with Gasteiger partial charge in [-0.1, -0.05) is 12.8 Å². The summed E-state index contributed by atoms with van der Waals surface area (Å²) in [6.07, 6.45) is 4.52. The number of ether oxygens (including phenoxy) is 1. The number of nitrogens with one attached hydrogen (secondary N) is 1. The van der Waals surface area contributed by atoms with Gasteiger partial charge in [0.05, 0.1) is 6.61 Å². The third-order valence-corrected chi connectivity index (χ3v) is 3.80. The normalized spacial score (nSPS) is 25.9. The minimum Gasteiger partial charge on any atom is -0.368 e. The molecule has 0 aliphatic heterocycles. The van der Waals surface area contributed by atoms with Crippen LogP contribution in [0.3, 0.4) is 0 Å². The fraction of sp³-hybridized carbons (Fsp3) is 0.933. The fourth-order valence-electron chi connectivity index (χ4n) is 2.63. The van der Waals surface area contributed by atoms with Crippen molar-refractivity contribution in [2.75, 3.05) is 13.2 Å². The summed E-state index contributed by atoms with van der Waals surface area (Å²) in [5, 5.41) is 2.94. The van der Waals surface area contributed by atoms with Crippen molar-refractivity contribution in [2.45, 2.75) is 65.0 Å². The van der Waals surface area contributed by atoms with Crippen LogP contribution in [-0.2, 0) is 9.53 Å². The van der Waals surface area contributed by atoms with Crippen LogP contribution in [0.25, 0.3) is 0 Å². The third-order valence-electron chi connectivity index (χ3n) is 3.80. The van der Waals surface area contributed by atoms with Gasteiger partial charge in [0, 0.05) is 5.54 Å². The molecule has 1 rings (SSSR count). The second kappa shape index (κ2) is 7.25. The van der Waals surface area contributed by atoms with E-state index in [2.05, 4.69) is 5.32 Å². The summed E-state index contributed by atoms with van der Waals surface area (Å²) in [6, 6.07) is 0. The first-order valence-electron chi connectivity index (χ1n) is 7.47. The third kappa shape index (κ3) is 5.91. The van der Waals surface area contributed by atoms with Crippen LogP contribution >= 0.6 is 0 Å². The minimum atomic E-state index is -0.389. The Labute approximate surface area is 117 Å². The number of carbonyl (C=O) groups excluding carboxylic acids is 1. The highest BCUT2D eigenvalue weighted by atomic mass is 16.5. The number of rotatable bonds is 5. The van der Waals surface area contributed by atoms with Crippen molar-refractivity contribution < 1.29 is 9.53 Å². The first kappa shape index (κ1) is 16.4. The van der Waals surface area contributed by atoms with Gasteiger partial charge in [-0.15, -0.1) is 0 Å². The predicted octanol–water partition coefficient (Wildman–Crippen LogP) is 2.07. The zero-order chi connectivity index (χ0) is 14.5. The molecule has 19 heavy (non-hydrogen) atoms. The first-order valence-corrected chi connectivity index (χ1v) is 7.47. The van der Waals surface area contributed by atoms with E-state index in [0.717, 1.165) is 6.54 Å². The van der Waals surface area contributed by atoms with Crippen LogP contribution in [0.2, 0.25) is 0 Å². The molecule has 0 aromatic rings. The van der Waals surface area contributed by atoms with E-state index in [4.69, 9.17) is 10.5 Å². The molecule has 112 valence electrons. The second-order valence-corrected chi connectivity index (χ2v) is 6.76. The molecular weight excluding hydrogens is 240 g/mol. The molecular formula is C15H30N2O2. The van der Waals surface area contributed by atoms with Crippen molar-refractivity contribution in [1.82, 2.24) is 5.32 Å². The van der Waals surface area contributed by atoms with Crippen LogP contribution in [0, 0.1) is 11.8 Å². The van der Waals surface area contributed by atoms with Crippen LogP contribution in [0.4, 0.5) is 0 Å². The molecule has 0 bridgehead atoms. The maximum atomic E-state index is 11.9. The summed E-state index contributed by atoms with van der Waals surface area (Å²) in [7, 11) is 0. The standard InChI is InChI=1S/C15H30N2O2/c1-11(14(18)17-15(2,3)4)19-10-13-8-6-5-7-12(13)9-16/h11-13H,5-10,16H2,1-4H3,(H,17,18). The Kier molecular flexibility index (Phi) is 6.27. The number of amides is 1. The molecule has 4 heteroatoms. The van der Waals surface area contributed by atoms with Crippen molar-refractivity contribution in [3.63, 3.8) is 0 Å². The number of nitrogens with two attached hydrogens (primary N) is 1. The minimum absolute atomic E-state index is 0.0346. The van der Waals surface area contributed by atoms with Gasteiger partial charge in [0.25, 0.3) is 0 Å². The largest absolute Gasteiger partial charge is 0.368 e. The Morgan fingerprint density at radius 2 is 1.89 bits per heavy atom. The topological polar surface area (TPSA) is 64.3 Å². The van der Waals surface area contributed by atoms with Gasteiger partial charge in [-0.2, -0.15) is 0 Å². The van der Waals surface area contributed by atoms with Crippen molar-refractivity contribution in [2.24, 2.45) is 17.6 Å². The lowest BCUT2D eigenvalue weighted by molar-refractivity contribution is -0.134. The van der Waals surface area contributed by atoms with Crippen LogP contribution < -0.4 is 11.1 Å². The summed E-state index contributed by atoms with van der Waals surface area (Å²) >= 11 is 0. The van der Waals surface area contributed by atoms with E-state index in [9.17, 15) is 4.79 Å². The molecule has 1 aliphatic carbocycles. The summed E-state index contributed by atoms with van der Waals surface area (Å²) in [5.41, 5.74) is 5.60. The van der Waals surface area contributed by atoms with Gasteiger partial charge < -0.3 is 15.8 Å². The van der Waals surface area contributed by atoms with Gasteiger partial charge in [-0.3, -0.25) is 4.79 Å². The summed E-state index contributed by atoms with van der Waals surface area (Å²) in [6.45, 7) is 9.13. The first-order chi connectivity index (χ1) is 8.83. The maximum absolute atomic E-state index is 11.9. The van der Waals surface area contributed by atoms with Crippen molar-refractivity contribution in [1.29, 1.82) is 0 Å². The van der Waals surface area contributed by atoms with Gasteiger partial charge in [0.1, 0.15) is 6.10 Å². The van der Waals surface area contributed by atoms with Crippen LogP contribution in [0.15, 0.2) is 0 Å². The molecule has 1 saturated carbocycles. The molecule has 0 saturated heterocycles. The van der Waals surface area contributed by atoms with E-state index < -0.39 is 0 Å². The van der Waals surface area contributed by atoms with Gasteiger partial charge >= 0.3 is 0 Å². The second-order valence-electron chi connectivity index (χ2n) is 6.76. The van der Waals surface area contributed by atoms with E-state index in [1.54, 1.807) is 0 Å². The lowest BCUT2D eigenvalue weighted by atomic mass is 9.80. The molecule has 0 spiro atoms. The Morgan fingerprint density at radius 3 is 2.42 bits per heavy atom. The molecule has 1 amide bonds. The molecule has 3 unspecified atom stereocenters. The predicted molar refractivity (Wildman–Crippen MR) is 77.8 cm³/mol. The van der Waals surface area contributed by atoms with Gasteiger partial charge in [-0.25, -0.2) is 0 Å².